The normalized spacial score (nSPS) is 41.1. The maximum atomic E-state index is 13.9. The number of aliphatic hydroxyl groups is 1. The van der Waals surface area contributed by atoms with Gasteiger partial charge in [0.2, 0.25) is 0 Å². The van der Waals surface area contributed by atoms with Crippen molar-refractivity contribution >= 4 is 11.9 Å². The zero-order valence-corrected chi connectivity index (χ0v) is 23.9. The molecule has 4 aliphatic rings. The second-order valence-corrected chi connectivity index (χ2v) is 12.1. The number of carbonyl (C=O) groups excluding carboxylic acids is 2. The van der Waals surface area contributed by atoms with E-state index in [2.05, 4.69) is 6.92 Å². The number of hydrogen-bond donors (Lipinski definition) is 1. The molecule has 10 atom stereocenters. The van der Waals surface area contributed by atoms with Crippen molar-refractivity contribution in [3.63, 3.8) is 0 Å². The second kappa shape index (κ2) is 11.5. The zero-order valence-electron chi connectivity index (χ0n) is 21.9. The number of halogens is 4. The maximum absolute atomic E-state index is 13.9. The summed E-state index contributed by atoms with van der Waals surface area (Å²) in [5.41, 5.74) is -2.64. The Labute approximate surface area is 238 Å². The smallest absolute Gasteiger partial charge is 0.545 e. The van der Waals surface area contributed by atoms with Crippen LogP contribution in [0.2, 0.25) is 0 Å². The van der Waals surface area contributed by atoms with Crippen LogP contribution in [-0.4, -0.2) is 41.6 Å². The molecule has 0 aliphatic heterocycles. The van der Waals surface area contributed by atoms with Gasteiger partial charge in [-0.2, -0.15) is 13.2 Å². The molecule has 0 aromatic carbocycles. The average Bonchev–Trinajstić information content (AvgIpc) is 3.16. The van der Waals surface area contributed by atoms with E-state index in [-0.39, 0.29) is 71.5 Å². The molecule has 0 saturated heterocycles. The van der Waals surface area contributed by atoms with E-state index < -0.39 is 36.5 Å². The van der Waals surface area contributed by atoms with Gasteiger partial charge in [-0.05, 0) is 111 Å². The quantitative estimate of drug-likeness (QED) is 0.238. The fourth-order valence-corrected chi connectivity index (χ4v) is 8.90. The van der Waals surface area contributed by atoms with Gasteiger partial charge in [-0.1, -0.05) is 13.8 Å². The number of rotatable bonds is 6. The topological polar surface area (TPSA) is 86.7 Å². The number of hydrogen-bond acceptors (Lipinski definition) is 5. The van der Waals surface area contributed by atoms with Crippen LogP contribution >= 0.6 is 0 Å². The summed E-state index contributed by atoms with van der Waals surface area (Å²) in [6.45, 7) is 3.27. The van der Waals surface area contributed by atoms with E-state index >= 15 is 0 Å². The van der Waals surface area contributed by atoms with E-state index in [9.17, 15) is 37.4 Å². The molecule has 0 aromatic heterocycles. The largest absolute Gasteiger partial charge is 1.00 e. The predicted octanol–water partition coefficient (Wildman–Crippen LogP) is 1.38. The molecule has 0 radical (unpaired) electrons. The van der Waals surface area contributed by atoms with Gasteiger partial charge < -0.3 is 19.7 Å². The molecular formula is C27H37F4NaO5. The molecule has 4 saturated carbocycles. The monoisotopic (exact) mass is 540 g/mol. The second-order valence-electron chi connectivity index (χ2n) is 12.1. The molecule has 10 heteroatoms. The molecule has 4 aliphatic carbocycles. The summed E-state index contributed by atoms with van der Waals surface area (Å²) in [5, 5.41) is 20.8. The number of carboxylic acid groups (broad SMARTS) is 1. The van der Waals surface area contributed by atoms with Crippen LogP contribution in [-0.2, 0) is 14.3 Å². The van der Waals surface area contributed by atoms with Crippen LogP contribution in [0.5, 0.6) is 0 Å². The van der Waals surface area contributed by atoms with Crippen molar-refractivity contribution in [2.24, 2.45) is 46.8 Å². The number of aliphatic carboxylic acids is 1. The van der Waals surface area contributed by atoms with Crippen molar-refractivity contribution in [2.75, 3.05) is 6.67 Å². The Hall–Kier alpha value is -0.640. The van der Waals surface area contributed by atoms with Crippen LogP contribution in [0.25, 0.3) is 0 Å². The molecule has 0 unspecified atom stereocenters. The molecule has 4 fully saturated rings. The standard InChI is InChI=1S/C27H38F4O5.Na/c1-15(22(14-28)36-24(34)8-7-23(32)33)20-5-6-21-19-4-3-16-13-26(35,27(29,30)31)12-10-17(16)18(19)9-11-25(20,21)2;/h7-8,15-22,35H,3-6,9-14H2,1-2H3,(H,32,33);/q;+1/p-1/b8-7+;/t15-,16+,17-,18+,19+,20+,21-,22+,25+,26+;/m0./s1. The van der Waals surface area contributed by atoms with Gasteiger partial charge >= 0.3 is 41.7 Å². The molecule has 37 heavy (non-hydrogen) atoms. The molecule has 5 nitrogen and oxygen atoms in total. The minimum absolute atomic E-state index is 0. The Kier molecular flexibility index (Phi) is 9.57. The van der Waals surface area contributed by atoms with Gasteiger partial charge in [0.25, 0.3) is 0 Å². The van der Waals surface area contributed by atoms with E-state index in [0.717, 1.165) is 38.2 Å². The number of esters is 1. The average molecular weight is 541 g/mol. The summed E-state index contributed by atoms with van der Waals surface area (Å²) in [7, 11) is 0. The Balaban J connectivity index is 0.00000380. The molecule has 204 valence electrons. The third-order valence-electron chi connectivity index (χ3n) is 10.6. The molecule has 0 bridgehead atoms. The van der Waals surface area contributed by atoms with Crippen LogP contribution in [0.4, 0.5) is 17.6 Å². The van der Waals surface area contributed by atoms with Gasteiger partial charge in [-0.25, -0.2) is 9.18 Å². The molecule has 0 aromatic rings. The molecule has 0 spiro atoms. The number of carbonyl (C=O) groups is 2. The SMILES string of the molecule is C[C@@H]([C@H]1CC[C@H]2[C@@H]3CC[C@@H]4C[C@@](O)(C(F)(F)F)CC[C@@H]4[C@H]3CC[C@]12C)[C@@H](CF)OC(=O)/C=C/C(=O)[O-].[Na+]. The first-order valence-corrected chi connectivity index (χ1v) is 13.3. The van der Waals surface area contributed by atoms with Gasteiger partial charge in [-0.3, -0.25) is 0 Å². The van der Waals surface area contributed by atoms with Crippen LogP contribution in [0, 0.1) is 46.8 Å². The number of fused-ring (bicyclic) bond motifs is 5. The molecule has 0 heterocycles. The van der Waals surface area contributed by atoms with Gasteiger partial charge in [0.1, 0.15) is 12.8 Å². The Morgan fingerprint density at radius 3 is 2.35 bits per heavy atom. The Morgan fingerprint density at radius 2 is 1.73 bits per heavy atom. The first-order chi connectivity index (χ1) is 16.8. The minimum Gasteiger partial charge on any atom is -0.545 e. The first kappa shape index (κ1) is 30.9. The predicted molar refractivity (Wildman–Crippen MR) is 121 cm³/mol. The minimum atomic E-state index is -4.59. The van der Waals surface area contributed by atoms with E-state index in [4.69, 9.17) is 4.74 Å². The summed E-state index contributed by atoms with van der Waals surface area (Å²) in [6.07, 6.45) is 0.935. The van der Waals surface area contributed by atoms with Crippen molar-refractivity contribution < 1.29 is 71.7 Å². The van der Waals surface area contributed by atoms with Crippen molar-refractivity contribution in [2.45, 2.75) is 89.5 Å². The zero-order chi connectivity index (χ0) is 26.5. The Bertz CT molecular complexity index is 881. The van der Waals surface area contributed by atoms with Crippen molar-refractivity contribution in [3.8, 4) is 0 Å². The van der Waals surface area contributed by atoms with E-state index in [1.807, 2.05) is 6.92 Å². The fraction of sp³-hybridized carbons (Fsp3) is 0.852. The summed E-state index contributed by atoms with van der Waals surface area (Å²) >= 11 is 0. The number of carboxylic acids is 1. The molecule has 0 amide bonds. The van der Waals surface area contributed by atoms with Crippen molar-refractivity contribution in [1.82, 2.24) is 0 Å². The number of ether oxygens (including phenoxy) is 1. The van der Waals surface area contributed by atoms with Gasteiger partial charge in [0.15, 0.2) is 5.60 Å². The third-order valence-corrected chi connectivity index (χ3v) is 10.6. The molecular weight excluding hydrogens is 503 g/mol. The summed E-state index contributed by atoms with van der Waals surface area (Å²) in [4.78, 5) is 22.5. The molecule has 1 N–H and O–H groups in total. The van der Waals surface area contributed by atoms with E-state index in [0.29, 0.717) is 36.7 Å². The van der Waals surface area contributed by atoms with Crippen LogP contribution in [0.3, 0.4) is 0 Å². The van der Waals surface area contributed by atoms with E-state index in [1.54, 1.807) is 0 Å². The van der Waals surface area contributed by atoms with Crippen LogP contribution < -0.4 is 34.7 Å². The third kappa shape index (κ3) is 5.80. The van der Waals surface area contributed by atoms with Crippen molar-refractivity contribution in [3.05, 3.63) is 12.2 Å². The summed E-state index contributed by atoms with van der Waals surface area (Å²) in [6, 6.07) is 0. The van der Waals surface area contributed by atoms with Crippen LogP contribution in [0.1, 0.15) is 71.6 Å². The Morgan fingerprint density at radius 1 is 1.05 bits per heavy atom. The summed E-state index contributed by atoms with van der Waals surface area (Å²) < 4.78 is 59.6. The maximum Gasteiger partial charge on any atom is 1.00 e. The van der Waals surface area contributed by atoms with Crippen molar-refractivity contribution in [1.29, 1.82) is 0 Å². The van der Waals surface area contributed by atoms with Gasteiger partial charge in [-0.15, -0.1) is 0 Å². The fourth-order valence-electron chi connectivity index (χ4n) is 8.90. The molecule has 4 rings (SSSR count). The van der Waals surface area contributed by atoms with Gasteiger partial charge in [0.05, 0.1) is 5.97 Å². The number of alkyl halides is 4. The van der Waals surface area contributed by atoms with Gasteiger partial charge in [0, 0.05) is 6.08 Å². The first-order valence-electron chi connectivity index (χ1n) is 13.3. The van der Waals surface area contributed by atoms with Crippen LogP contribution in [0.15, 0.2) is 12.2 Å². The van der Waals surface area contributed by atoms with E-state index in [1.165, 1.54) is 0 Å². The summed E-state index contributed by atoms with van der Waals surface area (Å²) in [5.74, 6) is -1.30.